The summed E-state index contributed by atoms with van der Waals surface area (Å²) in [4.78, 5) is 0. The van der Waals surface area contributed by atoms with Crippen molar-refractivity contribution >= 4 is 0 Å². The molecule has 0 saturated heterocycles. The van der Waals surface area contributed by atoms with Crippen LogP contribution in [0.4, 0.5) is 0 Å². The molecule has 0 aromatic heterocycles. The predicted octanol–water partition coefficient (Wildman–Crippen LogP) is 8.26. The summed E-state index contributed by atoms with van der Waals surface area (Å²) in [6.45, 7) is 14.3. The van der Waals surface area contributed by atoms with Gasteiger partial charge in [0.05, 0.1) is 13.2 Å². The number of hydrogen-bond acceptors (Lipinski definition) is 3. The summed E-state index contributed by atoms with van der Waals surface area (Å²) in [5.74, 6) is 4.03. The summed E-state index contributed by atoms with van der Waals surface area (Å²) < 4.78 is 18.3. The third-order valence-electron chi connectivity index (χ3n) is 4.66. The largest absolute Gasteiger partial charge is 0.495 e. The normalized spacial score (nSPS) is 13.1. The lowest BCUT2D eigenvalue weighted by Gasteiger charge is -2.20. The van der Waals surface area contributed by atoms with Gasteiger partial charge in [0.2, 0.25) is 0 Å². The van der Waals surface area contributed by atoms with Crippen LogP contribution < -0.4 is 0 Å². The molecule has 27 heavy (non-hydrogen) atoms. The lowest BCUT2D eigenvalue weighted by molar-refractivity contribution is 0.150. The van der Waals surface area contributed by atoms with E-state index < -0.39 is 0 Å². The Hall–Kier alpha value is -1.12. The predicted molar refractivity (Wildman–Crippen MR) is 116 cm³/mol. The second kappa shape index (κ2) is 18.3. The Balaban J connectivity index is 5.26. The number of allylic oxidation sites excluding steroid dienone is 4. The molecule has 0 atom stereocenters. The van der Waals surface area contributed by atoms with Crippen LogP contribution in [0.25, 0.3) is 0 Å². The maximum absolute atomic E-state index is 6.40. The maximum atomic E-state index is 6.40. The molecule has 0 aliphatic rings. The molecule has 3 nitrogen and oxygen atoms in total. The number of rotatable bonds is 18. The van der Waals surface area contributed by atoms with E-state index in [1.165, 1.54) is 38.5 Å². The van der Waals surface area contributed by atoms with Gasteiger partial charge in [-0.25, -0.2) is 0 Å². The zero-order valence-electron chi connectivity index (χ0n) is 19.1. The first-order chi connectivity index (χ1) is 13.2. The van der Waals surface area contributed by atoms with Crippen LogP contribution in [0.1, 0.15) is 119 Å². The van der Waals surface area contributed by atoms with Crippen molar-refractivity contribution in [1.29, 1.82) is 0 Å². The van der Waals surface area contributed by atoms with Crippen LogP contribution in [0.3, 0.4) is 0 Å². The van der Waals surface area contributed by atoms with Gasteiger partial charge in [0.15, 0.2) is 0 Å². The first-order valence-electron chi connectivity index (χ1n) is 11.6. The highest BCUT2D eigenvalue weighted by atomic mass is 16.5. The van der Waals surface area contributed by atoms with Gasteiger partial charge in [-0.15, -0.1) is 0 Å². The maximum Gasteiger partial charge on any atom is 0.141 e. The molecule has 0 aromatic rings. The van der Waals surface area contributed by atoms with E-state index in [0.717, 1.165) is 61.6 Å². The van der Waals surface area contributed by atoms with Gasteiger partial charge in [0.25, 0.3) is 0 Å². The summed E-state index contributed by atoms with van der Waals surface area (Å²) in [5, 5.41) is 0. The molecule has 0 radical (unpaired) electrons. The third kappa shape index (κ3) is 12.0. The number of unbranched alkanes of at least 4 members (excludes halogenated alkanes) is 6. The van der Waals surface area contributed by atoms with E-state index in [0.29, 0.717) is 13.2 Å². The Bertz CT molecular complexity index is 372. The number of hydrogen-bond donors (Lipinski definition) is 0. The second-order valence-corrected chi connectivity index (χ2v) is 6.99. The topological polar surface area (TPSA) is 27.7 Å². The molecule has 0 spiro atoms. The zero-order chi connectivity index (χ0) is 20.3. The Morgan fingerprint density at radius 2 is 0.889 bits per heavy atom. The van der Waals surface area contributed by atoms with Crippen LogP contribution in [0.15, 0.2) is 23.0 Å². The van der Waals surface area contributed by atoms with Crippen LogP contribution in [0.5, 0.6) is 0 Å². The number of ether oxygens (including phenoxy) is 3. The smallest absolute Gasteiger partial charge is 0.141 e. The molecule has 160 valence electrons. The Kier molecular flexibility index (Phi) is 17.5. The Labute approximate surface area is 169 Å². The Morgan fingerprint density at radius 1 is 0.481 bits per heavy atom. The van der Waals surface area contributed by atoms with Gasteiger partial charge in [-0.3, -0.25) is 0 Å². The van der Waals surface area contributed by atoms with Gasteiger partial charge in [0.1, 0.15) is 23.0 Å². The lowest BCUT2D eigenvalue weighted by atomic mass is 10.1. The highest BCUT2D eigenvalue weighted by Crippen LogP contribution is 2.26. The van der Waals surface area contributed by atoms with Crippen molar-refractivity contribution in [2.75, 3.05) is 13.2 Å². The van der Waals surface area contributed by atoms with Crippen LogP contribution in [0, 0.1) is 0 Å². The van der Waals surface area contributed by atoms with Crippen LogP contribution in [-0.2, 0) is 14.2 Å². The van der Waals surface area contributed by atoms with Gasteiger partial charge in [-0.1, -0.05) is 66.2 Å². The lowest BCUT2D eigenvalue weighted by Crippen LogP contribution is -2.06. The fourth-order valence-corrected chi connectivity index (χ4v) is 3.16. The van der Waals surface area contributed by atoms with Crippen molar-refractivity contribution in [2.45, 2.75) is 119 Å². The standard InChI is InChI=1S/C24H46O3/c1-7-13-15-17-19-23(25-11-5)21(9-3)27-22(10-4)24(26-12-6)20-18-16-14-8-2/h7-20H2,1-6H3. The summed E-state index contributed by atoms with van der Waals surface area (Å²) in [5.41, 5.74) is 0. The van der Waals surface area contributed by atoms with Crippen LogP contribution >= 0.6 is 0 Å². The second-order valence-electron chi connectivity index (χ2n) is 6.99. The van der Waals surface area contributed by atoms with E-state index >= 15 is 0 Å². The van der Waals surface area contributed by atoms with Crippen molar-refractivity contribution in [3.05, 3.63) is 23.0 Å². The summed E-state index contributed by atoms with van der Waals surface area (Å²) in [6, 6.07) is 0. The van der Waals surface area contributed by atoms with Crippen molar-refractivity contribution < 1.29 is 14.2 Å². The monoisotopic (exact) mass is 382 g/mol. The molecule has 0 rings (SSSR count). The summed E-state index contributed by atoms with van der Waals surface area (Å²) in [7, 11) is 0. The van der Waals surface area contributed by atoms with Gasteiger partial charge in [-0.05, 0) is 26.7 Å². The molecule has 0 fully saturated rings. The van der Waals surface area contributed by atoms with Crippen molar-refractivity contribution in [3.63, 3.8) is 0 Å². The van der Waals surface area contributed by atoms with Gasteiger partial charge >= 0.3 is 0 Å². The highest BCUT2D eigenvalue weighted by Gasteiger charge is 2.14. The molecule has 0 bridgehead atoms. The summed E-state index contributed by atoms with van der Waals surface area (Å²) >= 11 is 0. The van der Waals surface area contributed by atoms with E-state index in [1.807, 2.05) is 0 Å². The molecule has 0 aliphatic heterocycles. The molecule has 0 aliphatic carbocycles. The Morgan fingerprint density at radius 3 is 1.19 bits per heavy atom. The molecule has 0 aromatic carbocycles. The molecule has 0 amide bonds. The van der Waals surface area contributed by atoms with Crippen molar-refractivity contribution in [2.24, 2.45) is 0 Å². The average Bonchev–Trinajstić information content (AvgIpc) is 2.68. The third-order valence-corrected chi connectivity index (χ3v) is 4.66. The van der Waals surface area contributed by atoms with E-state index in [9.17, 15) is 0 Å². The molecule has 0 unspecified atom stereocenters. The van der Waals surface area contributed by atoms with E-state index in [2.05, 4.69) is 41.5 Å². The minimum absolute atomic E-state index is 0.691. The van der Waals surface area contributed by atoms with Crippen molar-refractivity contribution in [3.8, 4) is 0 Å². The van der Waals surface area contributed by atoms with Crippen LogP contribution in [-0.4, -0.2) is 13.2 Å². The highest BCUT2D eigenvalue weighted by molar-refractivity contribution is 5.10. The van der Waals surface area contributed by atoms with Crippen molar-refractivity contribution in [1.82, 2.24) is 0 Å². The molecular weight excluding hydrogens is 336 g/mol. The molecule has 0 N–H and O–H groups in total. The summed E-state index contributed by atoms with van der Waals surface area (Å²) in [6.07, 6.45) is 13.5. The van der Waals surface area contributed by atoms with E-state index in [-0.39, 0.29) is 0 Å². The quantitative estimate of drug-likeness (QED) is 0.176. The fraction of sp³-hybridized carbons (Fsp3) is 0.833. The first-order valence-corrected chi connectivity index (χ1v) is 11.6. The van der Waals surface area contributed by atoms with Crippen LogP contribution in [0.2, 0.25) is 0 Å². The SMILES string of the molecule is CCCCCCC(OCC)=C(CC)OC(CC)=C(CCCCCC)OCC. The van der Waals surface area contributed by atoms with Gasteiger partial charge in [0, 0.05) is 25.7 Å². The molecular formula is C24H46O3. The fourth-order valence-electron chi connectivity index (χ4n) is 3.16. The van der Waals surface area contributed by atoms with E-state index in [4.69, 9.17) is 14.2 Å². The molecule has 3 heteroatoms. The molecule has 0 heterocycles. The average molecular weight is 383 g/mol. The van der Waals surface area contributed by atoms with Gasteiger partial charge in [-0.2, -0.15) is 0 Å². The van der Waals surface area contributed by atoms with E-state index in [1.54, 1.807) is 0 Å². The van der Waals surface area contributed by atoms with Gasteiger partial charge < -0.3 is 14.2 Å². The first kappa shape index (κ1) is 25.9. The zero-order valence-corrected chi connectivity index (χ0v) is 19.1. The molecule has 0 saturated carbocycles. The minimum atomic E-state index is 0.691. The minimum Gasteiger partial charge on any atom is -0.495 e.